The molecule has 1 aliphatic heterocycles. The highest BCUT2D eigenvalue weighted by Gasteiger charge is 2.57. The lowest BCUT2D eigenvalue weighted by atomic mass is 9.92. The van der Waals surface area contributed by atoms with Gasteiger partial charge in [-0.1, -0.05) is 25.1 Å². The number of rotatable bonds is 7. The molecule has 29 heavy (non-hydrogen) atoms. The van der Waals surface area contributed by atoms with Crippen molar-refractivity contribution >= 4 is 29.7 Å². The summed E-state index contributed by atoms with van der Waals surface area (Å²) in [7, 11) is 1.70. The Morgan fingerprint density at radius 3 is 2.76 bits per heavy atom. The predicted octanol–water partition coefficient (Wildman–Crippen LogP) is 4.84. The van der Waals surface area contributed by atoms with Gasteiger partial charge < -0.3 is 15.0 Å². The van der Waals surface area contributed by atoms with E-state index in [1.165, 1.54) is 18.4 Å². The highest BCUT2D eigenvalue weighted by Crippen LogP contribution is 2.56. The lowest BCUT2D eigenvalue weighted by Gasteiger charge is -2.30. The Balaban J connectivity index is 0.00000240. The average molecular weight is 435 g/mol. The van der Waals surface area contributed by atoms with Crippen LogP contribution in [0.5, 0.6) is 5.75 Å². The Morgan fingerprint density at radius 1 is 1.31 bits per heavy atom. The molecule has 1 saturated heterocycles. The zero-order chi connectivity index (χ0) is 19.6. The first-order valence-corrected chi connectivity index (χ1v) is 11.2. The van der Waals surface area contributed by atoms with E-state index in [1.54, 1.807) is 18.4 Å². The van der Waals surface area contributed by atoms with Crippen molar-refractivity contribution in [2.75, 3.05) is 20.2 Å². The highest BCUT2D eigenvalue weighted by atomic mass is 35.5. The second-order valence-corrected chi connectivity index (χ2v) is 9.11. The van der Waals surface area contributed by atoms with Crippen molar-refractivity contribution in [1.29, 1.82) is 0 Å². The fraction of sp³-hybridized carbons (Fsp3) is 0.522. The summed E-state index contributed by atoms with van der Waals surface area (Å²) in [5, 5.41) is 7.73. The first-order valence-electron chi connectivity index (χ1n) is 10.3. The zero-order valence-electron chi connectivity index (χ0n) is 17.2. The number of amides is 1. The van der Waals surface area contributed by atoms with E-state index in [0.717, 1.165) is 37.4 Å². The quantitative estimate of drug-likeness (QED) is 0.677. The molecular weight excluding hydrogens is 404 g/mol. The molecule has 1 N–H and O–H groups in total. The van der Waals surface area contributed by atoms with E-state index in [4.69, 9.17) is 4.74 Å². The van der Waals surface area contributed by atoms with Crippen LogP contribution in [-0.4, -0.2) is 37.0 Å². The SMILES string of the molecule is COc1ccccc1C(C)CC(=O)N(Cc1ccsc1)C1CC12CCNCC2.Cl. The summed E-state index contributed by atoms with van der Waals surface area (Å²) in [6, 6.07) is 10.6. The normalized spacial score (nSPS) is 20.6. The standard InChI is InChI=1S/C23H30N2O2S.ClH/c1-17(19-5-3-4-6-20(19)27-2)13-22(26)25(15-18-7-12-28-16-18)21-14-23(21)8-10-24-11-9-23;/h3-7,12,16-17,21,24H,8-11,13-15H2,1-2H3;1H. The Labute approximate surface area is 184 Å². The van der Waals surface area contributed by atoms with Crippen molar-refractivity contribution in [3.05, 3.63) is 52.2 Å². The summed E-state index contributed by atoms with van der Waals surface area (Å²) in [6.07, 6.45) is 4.06. The molecule has 1 saturated carbocycles. The minimum atomic E-state index is 0. The maximum atomic E-state index is 13.4. The Morgan fingerprint density at radius 2 is 2.07 bits per heavy atom. The maximum absolute atomic E-state index is 13.4. The van der Waals surface area contributed by atoms with Gasteiger partial charge in [-0.2, -0.15) is 11.3 Å². The number of benzene rings is 1. The van der Waals surface area contributed by atoms with Crippen LogP contribution in [0.25, 0.3) is 0 Å². The fourth-order valence-corrected chi connectivity index (χ4v) is 5.40. The topological polar surface area (TPSA) is 41.6 Å². The number of hydrogen-bond acceptors (Lipinski definition) is 4. The largest absolute Gasteiger partial charge is 0.496 e. The average Bonchev–Trinajstić information content (AvgIpc) is 3.14. The second-order valence-electron chi connectivity index (χ2n) is 8.33. The molecule has 4 rings (SSSR count). The summed E-state index contributed by atoms with van der Waals surface area (Å²) >= 11 is 1.70. The van der Waals surface area contributed by atoms with Gasteiger partial charge in [-0.3, -0.25) is 4.79 Å². The monoisotopic (exact) mass is 434 g/mol. The lowest BCUT2D eigenvalue weighted by Crippen LogP contribution is -2.39. The van der Waals surface area contributed by atoms with E-state index in [0.29, 0.717) is 17.9 Å². The van der Waals surface area contributed by atoms with Gasteiger partial charge in [-0.15, -0.1) is 12.4 Å². The minimum Gasteiger partial charge on any atom is -0.496 e. The van der Waals surface area contributed by atoms with Crippen molar-refractivity contribution in [1.82, 2.24) is 10.2 Å². The number of nitrogens with zero attached hydrogens (tertiary/aromatic N) is 1. The summed E-state index contributed by atoms with van der Waals surface area (Å²) < 4.78 is 5.51. The number of carbonyl (C=O) groups excluding carboxylic acids is 1. The number of methoxy groups -OCH3 is 1. The van der Waals surface area contributed by atoms with E-state index in [-0.39, 0.29) is 24.2 Å². The Kier molecular flexibility index (Phi) is 7.25. The predicted molar refractivity (Wildman–Crippen MR) is 121 cm³/mol. The molecule has 2 heterocycles. The van der Waals surface area contributed by atoms with Crippen molar-refractivity contribution in [2.24, 2.45) is 5.41 Å². The van der Waals surface area contributed by atoms with Gasteiger partial charge >= 0.3 is 0 Å². The van der Waals surface area contributed by atoms with Gasteiger partial charge in [-0.25, -0.2) is 0 Å². The molecule has 0 radical (unpaired) electrons. The van der Waals surface area contributed by atoms with Crippen molar-refractivity contribution < 1.29 is 9.53 Å². The van der Waals surface area contributed by atoms with Crippen LogP contribution in [0.4, 0.5) is 0 Å². The van der Waals surface area contributed by atoms with Gasteiger partial charge in [0.25, 0.3) is 0 Å². The van der Waals surface area contributed by atoms with Crippen LogP contribution in [0.15, 0.2) is 41.1 Å². The molecule has 1 spiro atoms. The molecule has 2 aromatic rings. The van der Waals surface area contributed by atoms with E-state index < -0.39 is 0 Å². The molecule has 2 aliphatic rings. The van der Waals surface area contributed by atoms with Crippen LogP contribution in [0, 0.1) is 5.41 Å². The molecule has 2 unspecified atom stereocenters. The number of hydrogen-bond donors (Lipinski definition) is 1. The number of nitrogens with one attached hydrogen (secondary N) is 1. The molecule has 158 valence electrons. The fourth-order valence-electron chi connectivity index (χ4n) is 4.74. The van der Waals surface area contributed by atoms with Crippen LogP contribution in [0.1, 0.15) is 49.7 Å². The van der Waals surface area contributed by atoms with E-state index >= 15 is 0 Å². The summed E-state index contributed by atoms with van der Waals surface area (Å²) in [5.74, 6) is 1.27. The molecule has 6 heteroatoms. The van der Waals surface area contributed by atoms with E-state index in [9.17, 15) is 4.79 Å². The molecule has 1 aromatic carbocycles. The van der Waals surface area contributed by atoms with E-state index in [1.807, 2.05) is 18.2 Å². The third-order valence-electron chi connectivity index (χ3n) is 6.53. The number of para-hydroxylation sites is 1. The molecule has 0 bridgehead atoms. The smallest absolute Gasteiger partial charge is 0.223 e. The molecular formula is C23H31ClN2O2S. The summed E-state index contributed by atoms with van der Waals surface area (Å²) in [4.78, 5) is 15.6. The number of ether oxygens (including phenoxy) is 1. The van der Waals surface area contributed by atoms with Gasteiger partial charge in [-0.05, 0) is 77.7 Å². The molecule has 1 amide bonds. The minimum absolute atomic E-state index is 0. The Hall–Kier alpha value is -1.56. The third-order valence-corrected chi connectivity index (χ3v) is 7.26. The van der Waals surface area contributed by atoms with Crippen LogP contribution in [0.3, 0.4) is 0 Å². The van der Waals surface area contributed by atoms with Gasteiger partial charge in [0.05, 0.1) is 7.11 Å². The van der Waals surface area contributed by atoms with Crippen LogP contribution < -0.4 is 10.1 Å². The van der Waals surface area contributed by atoms with Crippen molar-refractivity contribution in [3.8, 4) is 5.75 Å². The summed E-state index contributed by atoms with van der Waals surface area (Å²) in [6.45, 7) is 5.02. The van der Waals surface area contributed by atoms with E-state index in [2.05, 4.69) is 40.0 Å². The Bertz CT molecular complexity index is 805. The number of carbonyl (C=O) groups is 1. The maximum Gasteiger partial charge on any atom is 0.223 e. The van der Waals surface area contributed by atoms with Gasteiger partial charge in [0.15, 0.2) is 0 Å². The number of piperidine rings is 1. The number of thiophene rings is 1. The second kappa shape index (κ2) is 9.50. The van der Waals surface area contributed by atoms with Gasteiger partial charge in [0.1, 0.15) is 5.75 Å². The molecule has 1 aliphatic carbocycles. The summed E-state index contributed by atoms with van der Waals surface area (Å²) in [5.41, 5.74) is 2.71. The highest BCUT2D eigenvalue weighted by molar-refractivity contribution is 7.07. The van der Waals surface area contributed by atoms with Crippen molar-refractivity contribution in [3.63, 3.8) is 0 Å². The molecule has 1 aromatic heterocycles. The first kappa shape index (κ1) is 22.1. The van der Waals surface area contributed by atoms with Crippen LogP contribution in [0.2, 0.25) is 0 Å². The van der Waals surface area contributed by atoms with Crippen LogP contribution in [-0.2, 0) is 11.3 Å². The molecule has 4 nitrogen and oxygen atoms in total. The third kappa shape index (κ3) is 4.79. The zero-order valence-corrected chi connectivity index (χ0v) is 18.9. The van der Waals surface area contributed by atoms with Crippen LogP contribution >= 0.6 is 23.7 Å². The number of halogens is 1. The molecule has 2 fully saturated rings. The van der Waals surface area contributed by atoms with Gasteiger partial charge in [0, 0.05) is 19.0 Å². The lowest BCUT2D eigenvalue weighted by molar-refractivity contribution is -0.133. The first-order chi connectivity index (χ1) is 13.6. The van der Waals surface area contributed by atoms with Crippen molar-refractivity contribution in [2.45, 2.75) is 51.1 Å². The van der Waals surface area contributed by atoms with Gasteiger partial charge in [0.2, 0.25) is 5.91 Å². The molecule has 2 atom stereocenters.